The quantitative estimate of drug-likeness (QED) is 0.751. The summed E-state index contributed by atoms with van der Waals surface area (Å²) in [5.74, 6) is -0.972. The van der Waals surface area contributed by atoms with Gasteiger partial charge in [0.15, 0.2) is 0 Å². The molecular weight excluding hydrogens is 210 g/mol. The summed E-state index contributed by atoms with van der Waals surface area (Å²) in [5.41, 5.74) is 5.26. The van der Waals surface area contributed by atoms with Gasteiger partial charge >= 0.3 is 5.97 Å². The van der Waals surface area contributed by atoms with Crippen LogP contribution in [0.4, 0.5) is 0 Å². The lowest BCUT2D eigenvalue weighted by Gasteiger charge is -2.17. The van der Waals surface area contributed by atoms with Crippen molar-refractivity contribution < 1.29 is 9.90 Å². The van der Waals surface area contributed by atoms with Crippen molar-refractivity contribution in [3.8, 4) is 0 Å². The fraction of sp³-hybridized carbons (Fsp3) is 0.375. The van der Waals surface area contributed by atoms with E-state index in [9.17, 15) is 4.79 Å². The van der Waals surface area contributed by atoms with Crippen LogP contribution in [-0.4, -0.2) is 11.1 Å². The van der Waals surface area contributed by atoms with E-state index in [4.69, 9.17) is 22.4 Å². The number of carboxylic acid groups (broad SMARTS) is 1. The van der Waals surface area contributed by atoms with Crippen LogP contribution in [0.25, 0.3) is 0 Å². The van der Waals surface area contributed by atoms with Crippen LogP contribution in [0, 0.1) is 0 Å². The van der Waals surface area contributed by atoms with Gasteiger partial charge in [-0.3, -0.25) is 0 Å². The first-order chi connectivity index (χ1) is 6.04. The Labute approximate surface area is 84.1 Å². The van der Waals surface area contributed by atoms with Crippen molar-refractivity contribution in [2.75, 3.05) is 0 Å². The van der Waals surface area contributed by atoms with E-state index in [0.29, 0.717) is 16.3 Å². The van der Waals surface area contributed by atoms with Crippen LogP contribution in [0.2, 0.25) is 4.34 Å². The Morgan fingerprint density at radius 2 is 2.46 bits per heavy atom. The van der Waals surface area contributed by atoms with Crippen LogP contribution in [0.3, 0.4) is 0 Å². The Kier molecular flexibility index (Phi) is 1.87. The lowest BCUT2D eigenvalue weighted by atomic mass is 9.95. The maximum absolute atomic E-state index is 10.9. The van der Waals surface area contributed by atoms with Gasteiger partial charge in [-0.1, -0.05) is 11.6 Å². The van der Waals surface area contributed by atoms with E-state index in [0.717, 1.165) is 11.3 Å². The van der Waals surface area contributed by atoms with E-state index in [-0.39, 0.29) is 0 Å². The molecule has 0 saturated heterocycles. The normalized spacial score (nSPS) is 26.0. The van der Waals surface area contributed by atoms with Crippen LogP contribution < -0.4 is 5.73 Å². The number of aliphatic carboxylic acids is 1. The van der Waals surface area contributed by atoms with E-state index >= 15 is 0 Å². The first-order valence-corrected chi connectivity index (χ1v) is 5.04. The van der Waals surface area contributed by atoms with Crippen molar-refractivity contribution >= 4 is 28.9 Å². The van der Waals surface area contributed by atoms with Crippen LogP contribution >= 0.6 is 22.9 Å². The maximum Gasteiger partial charge on any atom is 0.328 e. The first-order valence-electron chi connectivity index (χ1n) is 3.85. The fourth-order valence-electron chi connectivity index (χ4n) is 1.63. The van der Waals surface area contributed by atoms with Crippen LogP contribution in [0.5, 0.6) is 0 Å². The minimum Gasteiger partial charge on any atom is -0.480 e. The molecular formula is C8H8ClNO2S. The molecule has 0 amide bonds. The fourth-order valence-corrected chi connectivity index (χ4v) is 2.98. The summed E-state index contributed by atoms with van der Waals surface area (Å²) in [4.78, 5) is 11.9. The number of carbonyl (C=O) groups is 1. The number of halogens is 1. The third kappa shape index (κ3) is 1.17. The summed E-state index contributed by atoms with van der Waals surface area (Å²) in [6.07, 6.45) is 1.19. The van der Waals surface area contributed by atoms with Crippen molar-refractivity contribution in [1.82, 2.24) is 0 Å². The minimum atomic E-state index is -1.21. The number of fused-ring (bicyclic) bond motifs is 1. The lowest BCUT2D eigenvalue weighted by molar-refractivity contribution is -0.143. The minimum absolute atomic E-state index is 0.473. The molecule has 0 radical (unpaired) electrons. The molecule has 13 heavy (non-hydrogen) atoms. The van der Waals surface area contributed by atoms with E-state index in [1.54, 1.807) is 6.07 Å². The molecule has 5 heteroatoms. The Hall–Kier alpha value is -0.580. The van der Waals surface area contributed by atoms with Gasteiger partial charge in [-0.05, 0) is 24.5 Å². The molecule has 0 spiro atoms. The molecule has 3 nitrogen and oxygen atoms in total. The SMILES string of the molecule is NC1(C(=O)O)CCc2sc(Cl)cc21. The van der Waals surface area contributed by atoms with Crippen LogP contribution in [-0.2, 0) is 16.8 Å². The van der Waals surface area contributed by atoms with E-state index in [1.807, 2.05) is 0 Å². The number of aryl methyl sites for hydroxylation is 1. The van der Waals surface area contributed by atoms with Crippen molar-refractivity contribution in [1.29, 1.82) is 0 Å². The second-order valence-corrected chi connectivity index (χ2v) is 4.93. The number of carboxylic acids is 1. The highest BCUT2D eigenvalue weighted by molar-refractivity contribution is 7.16. The highest BCUT2D eigenvalue weighted by Gasteiger charge is 2.43. The average molecular weight is 218 g/mol. The Bertz CT molecular complexity index is 376. The molecule has 70 valence electrons. The van der Waals surface area contributed by atoms with Gasteiger partial charge in [0.1, 0.15) is 5.54 Å². The van der Waals surface area contributed by atoms with E-state index < -0.39 is 11.5 Å². The lowest BCUT2D eigenvalue weighted by Crippen LogP contribution is -2.42. The highest BCUT2D eigenvalue weighted by atomic mass is 35.5. The molecule has 0 aromatic carbocycles. The van der Waals surface area contributed by atoms with Gasteiger partial charge in [0, 0.05) is 4.88 Å². The predicted octanol–water partition coefficient (Wildman–Crippen LogP) is 1.59. The summed E-state index contributed by atoms with van der Waals surface area (Å²) in [5, 5.41) is 8.97. The zero-order valence-corrected chi connectivity index (χ0v) is 8.28. The molecule has 1 atom stereocenters. The second kappa shape index (κ2) is 2.70. The molecule has 2 rings (SSSR count). The number of hydrogen-bond donors (Lipinski definition) is 2. The van der Waals surface area contributed by atoms with Gasteiger partial charge in [-0.2, -0.15) is 0 Å². The molecule has 1 aromatic rings. The first kappa shape index (κ1) is 8.99. The zero-order valence-electron chi connectivity index (χ0n) is 6.71. The van der Waals surface area contributed by atoms with E-state index in [2.05, 4.69) is 0 Å². The van der Waals surface area contributed by atoms with Gasteiger partial charge in [0.05, 0.1) is 4.34 Å². The van der Waals surface area contributed by atoms with E-state index in [1.165, 1.54) is 11.3 Å². The Morgan fingerprint density at radius 1 is 1.77 bits per heavy atom. The Balaban J connectivity index is 2.53. The van der Waals surface area contributed by atoms with Crippen molar-refractivity contribution in [3.05, 3.63) is 20.8 Å². The van der Waals surface area contributed by atoms with Crippen LogP contribution in [0.1, 0.15) is 16.9 Å². The number of hydrogen-bond acceptors (Lipinski definition) is 3. The Morgan fingerprint density at radius 3 is 3.08 bits per heavy atom. The summed E-state index contributed by atoms with van der Waals surface area (Å²) < 4.78 is 0.612. The molecule has 3 N–H and O–H groups in total. The summed E-state index contributed by atoms with van der Waals surface area (Å²) in [6.45, 7) is 0. The predicted molar refractivity (Wildman–Crippen MR) is 51.2 cm³/mol. The molecule has 0 bridgehead atoms. The van der Waals surface area contributed by atoms with Crippen LogP contribution in [0.15, 0.2) is 6.07 Å². The molecule has 0 saturated carbocycles. The topological polar surface area (TPSA) is 63.3 Å². The van der Waals surface area contributed by atoms with Gasteiger partial charge in [-0.25, -0.2) is 4.79 Å². The average Bonchev–Trinajstić information content (AvgIpc) is 2.53. The summed E-state index contributed by atoms with van der Waals surface area (Å²) >= 11 is 7.20. The zero-order chi connectivity index (χ0) is 9.64. The molecule has 1 unspecified atom stereocenters. The van der Waals surface area contributed by atoms with Gasteiger partial charge < -0.3 is 10.8 Å². The van der Waals surface area contributed by atoms with Gasteiger partial charge in [0.2, 0.25) is 0 Å². The molecule has 1 aliphatic carbocycles. The number of nitrogens with two attached hydrogens (primary N) is 1. The van der Waals surface area contributed by atoms with Crippen molar-refractivity contribution in [2.45, 2.75) is 18.4 Å². The van der Waals surface area contributed by atoms with Crippen molar-refractivity contribution in [2.24, 2.45) is 5.73 Å². The smallest absolute Gasteiger partial charge is 0.328 e. The van der Waals surface area contributed by atoms with Gasteiger partial charge in [0.25, 0.3) is 0 Å². The monoisotopic (exact) mass is 217 g/mol. The maximum atomic E-state index is 10.9. The summed E-state index contributed by atoms with van der Waals surface area (Å²) in [6, 6.07) is 1.67. The molecule has 1 aromatic heterocycles. The third-order valence-electron chi connectivity index (χ3n) is 2.39. The second-order valence-electron chi connectivity index (χ2n) is 3.16. The molecule has 0 fully saturated rings. The van der Waals surface area contributed by atoms with Crippen molar-refractivity contribution in [3.63, 3.8) is 0 Å². The standard InChI is InChI=1S/C8H8ClNO2S/c9-6-3-4-5(13-6)1-2-8(4,10)7(11)12/h3H,1-2,10H2,(H,11,12). The molecule has 1 heterocycles. The number of rotatable bonds is 1. The molecule has 0 aliphatic heterocycles. The highest BCUT2D eigenvalue weighted by Crippen LogP contribution is 2.41. The van der Waals surface area contributed by atoms with Gasteiger partial charge in [-0.15, -0.1) is 11.3 Å². The largest absolute Gasteiger partial charge is 0.480 e. The summed E-state index contributed by atoms with van der Waals surface area (Å²) in [7, 11) is 0. The number of thiophene rings is 1. The molecule has 1 aliphatic rings. The third-order valence-corrected chi connectivity index (χ3v) is 3.71.